The third-order valence-electron chi connectivity index (χ3n) is 4.95. The number of imidazole rings is 1. The molecule has 2 amide bonds. The summed E-state index contributed by atoms with van der Waals surface area (Å²) in [6.07, 6.45) is 3.52. The van der Waals surface area contributed by atoms with E-state index in [0.717, 1.165) is 29.7 Å². The highest BCUT2D eigenvalue weighted by molar-refractivity contribution is 6.09. The number of nitrogens with one attached hydrogen (secondary N) is 1. The van der Waals surface area contributed by atoms with Gasteiger partial charge in [-0.1, -0.05) is 38.1 Å². The number of aromatic nitrogens is 2. The fourth-order valence-corrected chi connectivity index (χ4v) is 3.54. The summed E-state index contributed by atoms with van der Waals surface area (Å²) in [6, 6.07) is 11.4. The molecular weight excluding hydrogens is 364 g/mol. The summed E-state index contributed by atoms with van der Waals surface area (Å²) in [5, 5.41) is 2.98. The molecule has 0 bridgehead atoms. The standard InChI is InChI=1S/C23H28N4O2/c1-5-13-26(14-6-2)23(29)21-24-20(18-12-7-8-15-27(18)21)22(28)25-19-16(3)10-9-11-17(19)4/h7-12,15H,5-6,13-14H2,1-4H3,(H,25,28). The monoisotopic (exact) mass is 392 g/mol. The van der Waals surface area contributed by atoms with Crippen LogP contribution in [-0.4, -0.2) is 39.2 Å². The van der Waals surface area contributed by atoms with E-state index in [4.69, 9.17) is 0 Å². The Kier molecular flexibility index (Phi) is 6.32. The lowest BCUT2D eigenvalue weighted by Gasteiger charge is -2.20. The second-order valence-electron chi connectivity index (χ2n) is 7.25. The predicted octanol–water partition coefficient (Wildman–Crippen LogP) is 4.47. The van der Waals surface area contributed by atoms with E-state index in [2.05, 4.69) is 10.3 Å². The van der Waals surface area contributed by atoms with Crippen molar-refractivity contribution in [2.75, 3.05) is 18.4 Å². The summed E-state index contributed by atoms with van der Waals surface area (Å²) in [6.45, 7) is 9.33. The minimum Gasteiger partial charge on any atom is -0.336 e. The molecule has 1 N–H and O–H groups in total. The van der Waals surface area contributed by atoms with Crippen molar-refractivity contribution in [1.29, 1.82) is 0 Å². The lowest BCUT2D eigenvalue weighted by atomic mass is 10.1. The molecular formula is C23H28N4O2. The first kappa shape index (κ1) is 20.6. The van der Waals surface area contributed by atoms with Crippen LogP contribution in [0.25, 0.3) is 5.52 Å². The van der Waals surface area contributed by atoms with Crippen molar-refractivity contribution in [2.45, 2.75) is 40.5 Å². The van der Waals surface area contributed by atoms with E-state index in [-0.39, 0.29) is 23.3 Å². The summed E-state index contributed by atoms with van der Waals surface area (Å²) in [5.74, 6) is -0.196. The Morgan fingerprint density at radius 3 is 2.28 bits per heavy atom. The maximum Gasteiger partial charge on any atom is 0.290 e. The summed E-state index contributed by atoms with van der Waals surface area (Å²) in [5.41, 5.74) is 3.61. The fraction of sp³-hybridized carbons (Fsp3) is 0.348. The zero-order chi connectivity index (χ0) is 21.0. The van der Waals surface area contributed by atoms with Crippen molar-refractivity contribution < 1.29 is 9.59 Å². The molecule has 0 aliphatic heterocycles. The van der Waals surface area contributed by atoms with E-state index >= 15 is 0 Å². The number of benzene rings is 1. The first-order valence-electron chi connectivity index (χ1n) is 10.1. The van der Waals surface area contributed by atoms with Crippen molar-refractivity contribution in [3.8, 4) is 0 Å². The van der Waals surface area contributed by atoms with Crippen molar-refractivity contribution in [3.05, 3.63) is 65.2 Å². The van der Waals surface area contributed by atoms with Crippen LogP contribution in [0, 0.1) is 13.8 Å². The highest BCUT2D eigenvalue weighted by Gasteiger charge is 2.25. The van der Waals surface area contributed by atoms with Gasteiger partial charge in [0.25, 0.3) is 11.8 Å². The first-order valence-corrected chi connectivity index (χ1v) is 10.1. The number of fused-ring (bicyclic) bond motifs is 1. The summed E-state index contributed by atoms with van der Waals surface area (Å²) < 4.78 is 1.71. The smallest absolute Gasteiger partial charge is 0.290 e. The molecule has 1 aromatic carbocycles. The molecule has 3 aromatic rings. The van der Waals surface area contributed by atoms with Crippen LogP contribution in [0.1, 0.15) is 58.9 Å². The zero-order valence-corrected chi connectivity index (χ0v) is 17.5. The van der Waals surface area contributed by atoms with Crippen LogP contribution in [0.4, 0.5) is 5.69 Å². The van der Waals surface area contributed by atoms with Crippen LogP contribution in [0.3, 0.4) is 0 Å². The summed E-state index contributed by atoms with van der Waals surface area (Å²) in [4.78, 5) is 32.5. The quantitative estimate of drug-likeness (QED) is 0.645. The lowest BCUT2D eigenvalue weighted by molar-refractivity contribution is 0.0742. The Morgan fingerprint density at radius 2 is 1.66 bits per heavy atom. The van der Waals surface area contributed by atoms with Gasteiger partial charge in [0.1, 0.15) is 0 Å². The van der Waals surface area contributed by atoms with Gasteiger partial charge in [-0.25, -0.2) is 4.98 Å². The number of nitrogens with zero attached hydrogens (tertiary/aromatic N) is 3. The molecule has 6 nitrogen and oxygen atoms in total. The van der Waals surface area contributed by atoms with E-state index in [1.54, 1.807) is 15.5 Å². The predicted molar refractivity (Wildman–Crippen MR) is 116 cm³/mol. The van der Waals surface area contributed by atoms with E-state index in [0.29, 0.717) is 18.6 Å². The third kappa shape index (κ3) is 4.16. The minimum absolute atomic E-state index is 0.152. The average molecular weight is 393 g/mol. The number of rotatable bonds is 7. The third-order valence-corrected chi connectivity index (χ3v) is 4.95. The maximum atomic E-state index is 13.2. The van der Waals surface area contributed by atoms with Crippen molar-refractivity contribution in [1.82, 2.24) is 14.3 Å². The van der Waals surface area contributed by atoms with Crippen LogP contribution >= 0.6 is 0 Å². The Morgan fingerprint density at radius 1 is 1.00 bits per heavy atom. The maximum absolute atomic E-state index is 13.2. The Bertz CT molecular complexity index is 1010. The number of para-hydroxylation sites is 1. The molecule has 0 fully saturated rings. The highest BCUT2D eigenvalue weighted by Crippen LogP contribution is 2.22. The van der Waals surface area contributed by atoms with Gasteiger partial charge in [0, 0.05) is 25.0 Å². The minimum atomic E-state index is -0.317. The average Bonchev–Trinajstić information content (AvgIpc) is 3.10. The molecule has 0 saturated heterocycles. The van der Waals surface area contributed by atoms with Crippen LogP contribution in [0.2, 0.25) is 0 Å². The molecule has 29 heavy (non-hydrogen) atoms. The second kappa shape index (κ2) is 8.90. The molecule has 3 rings (SSSR count). The number of carbonyl (C=O) groups is 2. The van der Waals surface area contributed by atoms with Crippen LogP contribution in [0.5, 0.6) is 0 Å². The largest absolute Gasteiger partial charge is 0.336 e. The van der Waals surface area contributed by atoms with Gasteiger partial charge in [0.05, 0.1) is 5.52 Å². The molecule has 0 spiro atoms. The number of pyridine rings is 1. The van der Waals surface area contributed by atoms with Gasteiger partial charge in [-0.3, -0.25) is 14.0 Å². The van der Waals surface area contributed by atoms with Gasteiger partial charge in [0.2, 0.25) is 5.82 Å². The fourth-order valence-electron chi connectivity index (χ4n) is 3.54. The molecule has 0 aliphatic rings. The van der Waals surface area contributed by atoms with E-state index in [1.807, 2.05) is 64.1 Å². The molecule has 0 aliphatic carbocycles. The molecule has 2 heterocycles. The molecule has 6 heteroatoms. The topological polar surface area (TPSA) is 66.7 Å². The normalized spacial score (nSPS) is 10.9. The van der Waals surface area contributed by atoms with Gasteiger partial charge in [-0.15, -0.1) is 0 Å². The number of aryl methyl sites for hydroxylation is 2. The summed E-state index contributed by atoms with van der Waals surface area (Å²) >= 11 is 0. The van der Waals surface area contributed by atoms with Gasteiger partial charge in [-0.05, 0) is 49.9 Å². The van der Waals surface area contributed by atoms with Gasteiger partial charge in [-0.2, -0.15) is 0 Å². The SMILES string of the molecule is CCCN(CCC)C(=O)c1nc(C(=O)Nc2c(C)cccc2C)c2ccccn12. The number of hydrogen-bond acceptors (Lipinski definition) is 3. The number of anilines is 1. The zero-order valence-electron chi connectivity index (χ0n) is 17.5. The van der Waals surface area contributed by atoms with Crippen molar-refractivity contribution in [3.63, 3.8) is 0 Å². The Labute approximate surface area is 171 Å². The van der Waals surface area contributed by atoms with Crippen molar-refractivity contribution in [2.24, 2.45) is 0 Å². The molecule has 0 unspecified atom stereocenters. The molecule has 2 aromatic heterocycles. The highest BCUT2D eigenvalue weighted by atomic mass is 16.2. The number of hydrogen-bond donors (Lipinski definition) is 1. The lowest BCUT2D eigenvalue weighted by Crippen LogP contribution is -2.33. The van der Waals surface area contributed by atoms with Gasteiger partial charge >= 0.3 is 0 Å². The Balaban J connectivity index is 2.01. The van der Waals surface area contributed by atoms with E-state index < -0.39 is 0 Å². The molecule has 152 valence electrons. The molecule has 0 saturated carbocycles. The van der Waals surface area contributed by atoms with Gasteiger partial charge in [0.15, 0.2) is 5.69 Å². The van der Waals surface area contributed by atoms with E-state index in [9.17, 15) is 9.59 Å². The van der Waals surface area contributed by atoms with Crippen LogP contribution in [0.15, 0.2) is 42.6 Å². The van der Waals surface area contributed by atoms with Gasteiger partial charge < -0.3 is 10.2 Å². The molecule has 0 radical (unpaired) electrons. The number of amides is 2. The summed E-state index contributed by atoms with van der Waals surface area (Å²) in [7, 11) is 0. The first-order chi connectivity index (χ1) is 14.0. The number of carbonyl (C=O) groups excluding carboxylic acids is 2. The molecule has 0 atom stereocenters. The Hall–Kier alpha value is -3.15. The van der Waals surface area contributed by atoms with Crippen LogP contribution in [-0.2, 0) is 0 Å². The van der Waals surface area contributed by atoms with Crippen molar-refractivity contribution >= 4 is 23.0 Å². The second-order valence-corrected chi connectivity index (χ2v) is 7.25. The van der Waals surface area contributed by atoms with Crippen LogP contribution < -0.4 is 5.32 Å². The van der Waals surface area contributed by atoms with E-state index in [1.165, 1.54) is 0 Å².